The zero-order chi connectivity index (χ0) is 10.8. The van der Waals surface area contributed by atoms with Gasteiger partial charge in [-0.3, -0.25) is 5.84 Å². The number of rotatable bonds is 3. The number of nitrogens with two attached hydrogens (primary N) is 1. The fraction of sp³-hybridized carbons (Fsp3) is 0.700. The van der Waals surface area contributed by atoms with Crippen LogP contribution in [0.5, 0.6) is 0 Å². The van der Waals surface area contributed by atoms with E-state index in [0.29, 0.717) is 0 Å². The van der Waals surface area contributed by atoms with Crippen LogP contribution in [0.25, 0.3) is 0 Å². The van der Waals surface area contributed by atoms with E-state index in [2.05, 4.69) is 42.7 Å². The molecule has 4 heteroatoms. The monoisotopic (exact) mass is 196 g/mol. The lowest BCUT2D eigenvalue weighted by Crippen LogP contribution is -2.38. The fourth-order valence-electron chi connectivity index (χ4n) is 1.56. The van der Waals surface area contributed by atoms with E-state index >= 15 is 0 Å². The normalized spacial score (nSPS) is 14.4. The number of nitrogens with one attached hydrogen (secondary N) is 1. The molecule has 1 aromatic heterocycles. The van der Waals surface area contributed by atoms with Gasteiger partial charge < -0.3 is 4.57 Å². The highest BCUT2D eigenvalue weighted by Crippen LogP contribution is 2.30. The molecule has 0 aromatic carbocycles. The molecule has 0 amide bonds. The first-order valence-corrected chi connectivity index (χ1v) is 4.97. The Bertz CT molecular complexity index is 285. The van der Waals surface area contributed by atoms with Gasteiger partial charge in [-0.05, 0) is 12.3 Å². The molecule has 0 saturated heterocycles. The molecule has 0 aliphatic rings. The van der Waals surface area contributed by atoms with E-state index in [1.54, 1.807) is 0 Å². The van der Waals surface area contributed by atoms with E-state index in [1.165, 1.54) is 0 Å². The lowest BCUT2D eigenvalue weighted by atomic mass is 9.86. The molecule has 0 saturated carbocycles. The zero-order valence-electron chi connectivity index (χ0n) is 9.41. The summed E-state index contributed by atoms with van der Waals surface area (Å²) in [6.45, 7) is 9.45. The quantitative estimate of drug-likeness (QED) is 0.568. The molecule has 3 N–H and O–H groups in total. The fourth-order valence-corrected chi connectivity index (χ4v) is 1.56. The van der Waals surface area contributed by atoms with Crippen molar-refractivity contribution >= 4 is 0 Å². The molecular weight excluding hydrogens is 176 g/mol. The number of imidazole rings is 1. The van der Waals surface area contributed by atoms with Gasteiger partial charge in [0.05, 0.1) is 6.04 Å². The van der Waals surface area contributed by atoms with E-state index in [0.717, 1.165) is 12.4 Å². The summed E-state index contributed by atoms with van der Waals surface area (Å²) in [4.78, 5) is 4.35. The summed E-state index contributed by atoms with van der Waals surface area (Å²) in [5.41, 5.74) is 2.90. The Labute approximate surface area is 85.5 Å². The highest BCUT2D eigenvalue weighted by molar-refractivity contribution is 5.03. The van der Waals surface area contributed by atoms with E-state index in [9.17, 15) is 0 Å². The topological polar surface area (TPSA) is 55.9 Å². The van der Waals surface area contributed by atoms with Gasteiger partial charge >= 0.3 is 0 Å². The van der Waals surface area contributed by atoms with Crippen molar-refractivity contribution < 1.29 is 0 Å². The van der Waals surface area contributed by atoms with Crippen molar-refractivity contribution in [2.45, 2.75) is 40.3 Å². The summed E-state index contributed by atoms with van der Waals surface area (Å²) in [7, 11) is 0. The van der Waals surface area contributed by atoms with Crippen molar-refractivity contribution in [3.05, 3.63) is 18.2 Å². The van der Waals surface area contributed by atoms with Gasteiger partial charge in [-0.15, -0.1) is 0 Å². The van der Waals surface area contributed by atoms with Gasteiger partial charge in [-0.1, -0.05) is 20.8 Å². The molecule has 1 atom stereocenters. The van der Waals surface area contributed by atoms with Crippen LogP contribution >= 0.6 is 0 Å². The Hall–Kier alpha value is -0.870. The van der Waals surface area contributed by atoms with Crippen LogP contribution in [-0.4, -0.2) is 9.55 Å². The summed E-state index contributed by atoms with van der Waals surface area (Å²) in [6, 6.07) is 0.0810. The molecular formula is C10H20N4. The van der Waals surface area contributed by atoms with E-state index < -0.39 is 0 Å². The van der Waals surface area contributed by atoms with Crippen LogP contribution in [0.3, 0.4) is 0 Å². The van der Waals surface area contributed by atoms with Crippen LogP contribution in [0.15, 0.2) is 12.4 Å². The second-order valence-corrected chi connectivity index (χ2v) is 4.54. The highest BCUT2D eigenvalue weighted by Gasteiger charge is 2.28. The summed E-state index contributed by atoms with van der Waals surface area (Å²) >= 11 is 0. The third-order valence-corrected chi connectivity index (χ3v) is 2.38. The second-order valence-electron chi connectivity index (χ2n) is 4.54. The van der Waals surface area contributed by atoms with Gasteiger partial charge in [-0.2, -0.15) is 0 Å². The molecule has 0 bridgehead atoms. The molecule has 0 radical (unpaired) electrons. The number of hydrogen-bond acceptors (Lipinski definition) is 3. The SMILES string of the molecule is CCn1ccnc1C(NN)C(C)(C)C. The van der Waals surface area contributed by atoms with Gasteiger partial charge in [0.2, 0.25) is 0 Å². The Morgan fingerprint density at radius 2 is 2.21 bits per heavy atom. The maximum Gasteiger partial charge on any atom is 0.127 e. The second kappa shape index (κ2) is 4.11. The Kier molecular flexibility index (Phi) is 3.29. The van der Waals surface area contributed by atoms with Gasteiger partial charge in [0, 0.05) is 18.9 Å². The molecule has 1 unspecified atom stereocenters. The number of aromatic nitrogens is 2. The number of nitrogens with zero attached hydrogens (tertiary/aromatic N) is 2. The Balaban J connectivity index is 3.01. The molecule has 0 spiro atoms. The first kappa shape index (κ1) is 11.2. The maximum atomic E-state index is 5.57. The predicted molar refractivity (Wildman–Crippen MR) is 57.4 cm³/mol. The molecule has 0 fully saturated rings. The molecule has 80 valence electrons. The maximum absolute atomic E-state index is 5.57. The summed E-state index contributed by atoms with van der Waals surface area (Å²) in [5.74, 6) is 6.57. The number of aryl methyl sites for hydroxylation is 1. The van der Waals surface area contributed by atoms with Crippen LogP contribution < -0.4 is 11.3 Å². The van der Waals surface area contributed by atoms with Gasteiger partial charge in [-0.25, -0.2) is 10.4 Å². The van der Waals surface area contributed by atoms with E-state index in [4.69, 9.17) is 5.84 Å². The minimum absolute atomic E-state index is 0.0625. The number of hydrazine groups is 1. The Morgan fingerprint density at radius 1 is 1.57 bits per heavy atom. The van der Waals surface area contributed by atoms with Crippen LogP contribution in [0, 0.1) is 5.41 Å². The van der Waals surface area contributed by atoms with Crippen LogP contribution in [0.2, 0.25) is 0 Å². The van der Waals surface area contributed by atoms with Gasteiger partial charge in [0.1, 0.15) is 5.82 Å². The van der Waals surface area contributed by atoms with Gasteiger partial charge in [0.15, 0.2) is 0 Å². The first-order valence-electron chi connectivity index (χ1n) is 4.97. The van der Waals surface area contributed by atoms with E-state index in [-0.39, 0.29) is 11.5 Å². The third kappa shape index (κ3) is 2.13. The van der Waals surface area contributed by atoms with Crippen molar-refractivity contribution in [2.24, 2.45) is 11.3 Å². The van der Waals surface area contributed by atoms with Crippen LogP contribution in [0.1, 0.15) is 39.6 Å². The summed E-state index contributed by atoms with van der Waals surface area (Å²) < 4.78 is 2.11. The lowest BCUT2D eigenvalue weighted by molar-refractivity contribution is 0.258. The van der Waals surface area contributed by atoms with Crippen molar-refractivity contribution in [2.75, 3.05) is 0 Å². The van der Waals surface area contributed by atoms with Crippen molar-refractivity contribution in [3.63, 3.8) is 0 Å². The molecule has 0 aliphatic heterocycles. The summed E-state index contributed by atoms with van der Waals surface area (Å²) in [5, 5.41) is 0. The average Bonchev–Trinajstić information content (AvgIpc) is 2.51. The number of hydrogen-bond donors (Lipinski definition) is 2. The molecule has 0 aliphatic carbocycles. The minimum Gasteiger partial charge on any atom is -0.334 e. The largest absolute Gasteiger partial charge is 0.334 e. The zero-order valence-corrected chi connectivity index (χ0v) is 9.41. The van der Waals surface area contributed by atoms with Crippen molar-refractivity contribution in [1.29, 1.82) is 0 Å². The average molecular weight is 196 g/mol. The molecule has 1 heterocycles. The standard InChI is InChI=1S/C10H20N4/c1-5-14-7-6-12-9(14)8(13-11)10(2,3)4/h6-8,13H,5,11H2,1-4H3. The molecule has 14 heavy (non-hydrogen) atoms. The molecule has 1 aromatic rings. The molecule has 1 rings (SSSR count). The van der Waals surface area contributed by atoms with Gasteiger partial charge in [0.25, 0.3) is 0 Å². The predicted octanol–water partition coefficient (Wildman–Crippen LogP) is 1.45. The highest BCUT2D eigenvalue weighted by atomic mass is 15.3. The lowest BCUT2D eigenvalue weighted by Gasteiger charge is -2.29. The third-order valence-electron chi connectivity index (χ3n) is 2.38. The van der Waals surface area contributed by atoms with Crippen molar-refractivity contribution in [3.8, 4) is 0 Å². The minimum atomic E-state index is 0.0625. The van der Waals surface area contributed by atoms with E-state index in [1.807, 2.05) is 12.4 Å². The van der Waals surface area contributed by atoms with Crippen molar-refractivity contribution in [1.82, 2.24) is 15.0 Å². The van der Waals surface area contributed by atoms with Crippen LogP contribution in [0.4, 0.5) is 0 Å². The summed E-state index contributed by atoms with van der Waals surface area (Å²) in [6.07, 6.45) is 3.79. The van der Waals surface area contributed by atoms with Crippen LogP contribution in [-0.2, 0) is 6.54 Å². The molecule has 4 nitrogen and oxygen atoms in total. The smallest absolute Gasteiger partial charge is 0.127 e. The first-order chi connectivity index (χ1) is 6.50. The Morgan fingerprint density at radius 3 is 2.64 bits per heavy atom.